The molecule has 1 atom stereocenters. The summed E-state index contributed by atoms with van der Waals surface area (Å²) < 4.78 is 1.92. The van der Waals surface area contributed by atoms with Crippen LogP contribution in [0.1, 0.15) is 58.2 Å². The van der Waals surface area contributed by atoms with Crippen LogP contribution < -0.4 is 5.32 Å². The van der Waals surface area contributed by atoms with Gasteiger partial charge in [-0.1, -0.05) is 33.6 Å². The molecule has 0 amide bonds. The second kappa shape index (κ2) is 6.72. The van der Waals surface area contributed by atoms with Gasteiger partial charge in [-0.3, -0.25) is 9.58 Å². The lowest BCUT2D eigenvalue weighted by molar-refractivity contribution is 0.0615. The van der Waals surface area contributed by atoms with Gasteiger partial charge in [-0.05, 0) is 38.5 Å². The summed E-state index contributed by atoms with van der Waals surface area (Å²) >= 11 is 0. The molecule has 0 radical (unpaired) electrons. The van der Waals surface area contributed by atoms with Gasteiger partial charge in [0.25, 0.3) is 0 Å². The van der Waals surface area contributed by atoms with Gasteiger partial charge < -0.3 is 5.32 Å². The first-order valence-corrected chi connectivity index (χ1v) is 8.16. The molecular formula is C16H30N4. The van der Waals surface area contributed by atoms with Crippen molar-refractivity contribution in [2.45, 2.75) is 58.0 Å². The third kappa shape index (κ3) is 2.77. The van der Waals surface area contributed by atoms with Gasteiger partial charge in [-0.15, -0.1) is 0 Å². The van der Waals surface area contributed by atoms with Gasteiger partial charge in [0, 0.05) is 18.8 Å². The summed E-state index contributed by atoms with van der Waals surface area (Å²) in [5.74, 6) is 0. The molecule has 20 heavy (non-hydrogen) atoms. The van der Waals surface area contributed by atoms with Crippen molar-refractivity contribution in [3.8, 4) is 0 Å². The van der Waals surface area contributed by atoms with Crippen molar-refractivity contribution in [3.63, 3.8) is 0 Å². The molecule has 1 fully saturated rings. The van der Waals surface area contributed by atoms with Gasteiger partial charge in [0.2, 0.25) is 0 Å². The summed E-state index contributed by atoms with van der Waals surface area (Å²) in [6.45, 7) is 9.98. The number of hydrogen-bond donors (Lipinski definition) is 1. The zero-order chi connectivity index (χ0) is 14.6. The second-order valence-electron chi connectivity index (χ2n) is 5.89. The van der Waals surface area contributed by atoms with E-state index in [2.05, 4.69) is 43.3 Å². The molecule has 1 aromatic rings. The minimum Gasteiger partial charge on any atom is -0.307 e. The Labute approximate surface area is 123 Å². The smallest absolute Gasteiger partial charge is 0.0812 e. The SMILES string of the molecule is CCNC(c1ccn(C)n1)C1(N(CC)CC)CCCC1. The van der Waals surface area contributed by atoms with E-state index in [0.717, 1.165) is 19.6 Å². The van der Waals surface area contributed by atoms with E-state index in [9.17, 15) is 0 Å². The molecule has 0 aromatic carbocycles. The molecule has 4 nitrogen and oxygen atoms in total. The number of nitrogens with one attached hydrogen (secondary N) is 1. The molecule has 1 aliphatic carbocycles. The van der Waals surface area contributed by atoms with Crippen molar-refractivity contribution in [1.29, 1.82) is 0 Å². The maximum Gasteiger partial charge on any atom is 0.0812 e. The zero-order valence-corrected chi connectivity index (χ0v) is 13.5. The quantitative estimate of drug-likeness (QED) is 0.832. The van der Waals surface area contributed by atoms with E-state index in [0.29, 0.717) is 6.04 Å². The van der Waals surface area contributed by atoms with E-state index >= 15 is 0 Å². The van der Waals surface area contributed by atoms with E-state index in [1.54, 1.807) is 0 Å². The van der Waals surface area contributed by atoms with Gasteiger partial charge in [-0.25, -0.2) is 0 Å². The molecule has 1 N–H and O–H groups in total. The molecule has 1 heterocycles. The van der Waals surface area contributed by atoms with Gasteiger partial charge >= 0.3 is 0 Å². The number of likely N-dealkylation sites (N-methyl/N-ethyl adjacent to an activating group) is 2. The first-order chi connectivity index (χ1) is 9.67. The second-order valence-corrected chi connectivity index (χ2v) is 5.89. The molecule has 1 aromatic heterocycles. The molecule has 2 rings (SSSR count). The van der Waals surface area contributed by atoms with Crippen LogP contribution in [-0.4, -0.2) is 39.9 Å². The maximum atomic E-state index is 4.70. The van der Waals surface area contributed by atoms with Crippen LogP contribution in [0.4, 0.5) is 0 Å². The summed E-state index contributed by atoms with van der Waals surface area (Å²) in [5, 5.41) is 8.42. The van der Waals surface area contributed by atoms with Gasteiger partial charge in [-0.2, -0.15) is 5.10 Å². The topological polar surface area (TPSA) is 33.1 Å². The number of hydrogen-bond acceptors (Lipinski definition) is 3. The lowest BCUT2D eigenvalue weighted by Crippen LogP contribution is -2.55. The fraction of sp³-hybridized carbons (Fsp3) is 0.812. The zero-order valence-electron chi connectivity index (χ0n) is 13.5. The summed E-state index contributed by atoms with van der Waals surface area (Å²) in [5.41, 5.74) is 1.44. The first-order valence-electron chi connectivity index (χ1n) is 8.16. The van der Waals surface area contributed by atoms with E-state index in [-0.39, 0.29) is 5.54 Å². The van der Waals surface area contributed by atoms with Gasteiger partial charge in [0.05, 0.1) is 11.7 Å². The van der Waals surface area contributed by atoms with E-state index in [1.807, 2.05) is 11.7 Å². The van der Waals surface area contributed by atoms with Crippen LogP contribution in [0.25, 0.3) is 0 Å². The van der Waals surface area contributed by atoms with E-state index < -0.39 is 0 Å². The lowest BCUT2D eigenvalue weighted by Gasteiger charge is -2.46. The molecule has 0 spiro atoms. The van der Waals surface area contributed by atoms with Gasteiger partial charge in [0.1, 0.15) is 0 Å². The third-order valence-corrected chi connectivity index (χ3v) is 4.84. The Kier molecular flexibility index (Phi) is 5.22. The van der Waals surface area contributed by atoms with Crippen LogP contribution in [0.2, 0.25) is 0 Å². The van der Waals surface area contributed by atoms with Crippen LogP contribution in [-0.2, 0) is 7.05 Å². The van der Waals surface area contributed by atoms with Crippen molar-refractivity contribution < 1.29 is 0 Å². The largest absolute Gasteiger partial charge is 0.307 e. The Bertz CT molecular complexity index is 402. The molecular weight excluding hydrogens is 248 g/mol. The highest BCUT2D eigenvalue weighted by Crippen LogP contribution is 2.44. The number of aryl methyl sites for hydroxylation is 1. The van der Waals surface area contributed by atoms with Crippen molar-refractivity contribution in [3.05, 3.63) is 18.0 Å². The van der Waals surface area contributed by atoms with Crippen LogP contribution in [0.3, 0.4) is 0 Å². The monoisotopic (exact) mass is 278 g/mol. The third-order valence-electron chi connectivity index (χ3n) is 4.84. The predicted octanol–water partition coefficient (Wildman–Crippen LogP) is 2.73. The highest BCUT2D eigenvalue weighted by Gasteiger charge is 2.46. The summed E-state index contributed by atoms with van der Waals surface area (Å²) in [6.07, 6.45) is 7.30. The fourth-order valence-electron chi connectivity index (χ4n) is 3.99. The molecule has 1 unspecified atom stereocenters. The van der Waals surface area contributed by atoms with E-state index in [1.165, 1.54) is 31.4 Å². The van der Waals surface area contributed by atoms with Crippen molar-refractivity contribution in [2.75, 3.05) is 19.6 Å². The molecule has 114 valence electrons. The highest BCUT2D eigenvalue weighted by atomic mass is 15.3. The Morgan fingerprint density at radius 3 is 2.40 bits per heavy atom. The van der Waals surface area contributed by atoms with E-state index in [4.69, 9.17) is 5.10 Å². The molecule has 1 aliphatic rings. The van der Waals surface area contributed by atoms with Crippen LogP contribution >= 0.6 is 0 Å². The molecule has 1 saturated carbocycles. The highest BCUT2D eigenvalue weighted by molar-refractivity contribution is 5.16. The molecule has 0 saturated heterocycles. The molecule has 4 heteroatoms. The summed E-state index contributed by atoms with van der Waals surface area (Å²) in [4.78, 5) is 2.65. The normalized spacial score (nSPS) is 19.6. The number of rotatable bonds is 7. The summed E-state index contributed by atoms with van der Waals surface area (Å²) in [6, 6.07) is 2.52. The number of nitrogens with zero attached hydrogens (tertiary/aromatic N) is 3. The fourth-order valence-corrected chi connectivity index (χ4v) is 3.99. The number of aromatic nitrogens is 2. The maximum absolute atomic E-state index is 4.70. The average molecular weight is 278 g/mol. The lowest BCUT2D eigenvalue weighted by atomic mass is 9.84. The Morgan fingerprint density at radius 2 is 1.95 bits per heavy atom. The van der Waals surface area contributed by atoms with Crippen LogP contribution in [0, 0.1) is 0 Å². The Balaban J connectivity index is 2.37. The van der Waals surface area contributed by atoms with Crippen molar-refractivity contribution in [1.82, 2.24) is 20.0 Å². The van der Waals surface area contributed by atoms with Crippen LogP contribution in [0.15, 0.2) is 12.3 Å². The van der Waals surface area contributed by atoms with Crippen LogP contribution in [0.5, 0.6) is 0 Å². The van der Waals surface area contributed by atoms with Gasteiger partial charge in [0.15, 0.2) is 0 Å². The minimum absolute atomic E-state index is 0.244. The predicted molar refractivity (Wildman–Crippen MR) is 83.7 cm³/mol. The Morgan fingerprint density at radius 1 is 1.30 bits per heavy atom. The summed E-state index contributed by atoms with van der Waals surface area (Å²) in [7, 11) is 2.01. The molecule has 0 aliphatic heterocycles. The van der Waals surface area contributed by atoms with Crippen molar-refractivity contribution >= 4 is 0 Å². The Hall–Kier alpha value is -0.870. The first kappa shape index (κ1) is 15.5. The average Bonchev–Trinajstić information content (AvgIpc) is 3.08. The van der Waals surface area contributed by atoms with Crippen molar-refractivity contribution in [2.24, 2.45) is 7.05 Å². The molecule has 0 bridgehead atoms. The minimum atomic E-state index is 0.244. The standard InChI is InChI=1S/C16H30N4/c1-5-17-15(14-10-13-19(4)18-14)16(11-8-9-12-16)20(6-2)7-3/h10,13,15,17H,5-9,11-12H2,1-4H3.